The number of nitrogens with zero attached hydrogens (tertiary/aromatic N) is 1. The molecule has 0 aromatic heterocycles. The second-order valence-corrected chi connectivity index (χ2v) is 7.86. The zero-order valence-electron chi connectivity index (χ0n) is 13.2. The van der Waals surface area contributed by atoms with E-state index in [4.69, 9.17) is 4.74 Å². The molecule has 0 aromatic rings. The van der Waals surface area contributed by atoms with Crippen molar-refractivity contribution in [2.75, 3.05) is 19.6 Å². The molecule has 0 saturated carbocycles. The van der Waals surface area contributed by atoms with Gasteiger partial charge in [0.2, 0.25) is 0 Å². The Morgan fingerprint density at radius 3 is 2.41 bits per heavy atom. The highest BCUT2D eigenvalue weighted by Crippen LogP contribution is 2.24. The average molecular weight is 337 g/mol. The molecule has 1 amide bonds. The van der Waals surface area contributed by atoms with Gasteiger partial charge in [-0.25, -0.2) is 14.3 Å². The van der Waals surface area contributed by atoms with Gasteiger partial charge in [-0.15, -0.1) is 0 Å². The van der Waals surface area contributed by atoms with Gasteiger partial charge in [-0.2, -0.15) is 12.7 Å². The first-order valence-corrected chi connectivity index (χ1v) is 8.35. The third-order valence-corrected chi connectivity index (χ3v) is 4.70. The highest BCUT2D eigenvalue weighted by molar-refractivity contribution is 7.87. The summed E-state index contributed by atoms with van der Waals surface area (Å²) in [5, 5.41) is 11.7. The number of alkyl carbamates (subject to hydrolysis) is 1. The molecule has 0 bridgehead atoms. The first-order chi connectivity index (χ1) is 9.92. The van der Waals surface area contributed by atoms with Crippen molar-refractivity contribution < 1.29 is 27.9 Å². The molecule has 22 heavy (non-hydrogen) atoms. The minimum Gasteiger partial charge on any atom is -0.479 e. The van der Waals surface area contributed by atoms with E-state index in [9.17, 15) is 23.1 Å². The Labute approximate surface area is 130 Å². The maximum atomic E-state index is 11.9. The summed E-state index contributed by atoms with van der Waals surface area (Å²) in [6, 6.07) is 0. The molecule has 1 rings (SSSR count). The molecular weight excluding hydrogens is 314 g/mol. The van der Waals surface area contributed by atoms with E-state index < -0.39 is 33.4 Å². The van der Waals surface area contributed by atoms with Gasteiger partial charge in [0.05, 0.1) is 0 Å². The normalized spacial score (nSPS) is 23.3. The van der Waals surface area contributed by atoms with Crippen LogP contribution in [0.25, 0.3) is 0 Å². The number of hydrogen-bond donors (Lipinski definition) is 3. The first kappa shape index (κ1) is 18.7. The van der Waals surface area contributed by atoms with E-state index in [2.05, 4.69) is 10.0 Å². The monoisotopic (exact) mass is 337 g/mol. The first-order valence-electron chi connectivity index (χ1n) is 6.91. The number of carbonyl (C=O) groups is 2. The molecule has 0 aromatic carbocycles. The van der Waals surface area contributed by atoms with Gasteiger partial charge in [-0.1, -0.05) is 6.92 Å². The summed E-state index contributed by atoms with van der Waals surface area (Å²) in [6.07, 6.45) is -0.927. The average Bonchev–Trinajstić information content (AvgIpc) is 2.72. The molecule has 1 atom stereocenters. The van der Waals surface area contributed by atoms with Crippen LogP contribution in [0.5, 0.6) is 0 Å². The van der Waals surface area contributed by atoms with E-state index in [1.807, 2.05) is 0 Å². The number of carboxylic acid groups (broad SMARTS) is 1. The fraction of sp³-hybridized carbons (Fsp3) is 0.833. The number of amides is 1. The van der Waals surface area contributed by atoms with Crippen LogP contribution in [0.1, 0.15) is 34.1 Å². The molecule has 128 valence electrons. The van der Waals surface area contributed by atoms with E-state index in [1.54, 1.807) is 27.7 Å². The number of ether oxygens (including phenoxy) is 1. The SMILES string of the molecule is CCNS(=O)(=O)N1CCC(NC(=O)OC(C)(C)C)(C(=O)O)C1. The Hall–Kier alpha value is -1.39. The number of hydrogen-bond acceptors (Lipinski definition) is 5. The van der Waals surface area contributed by atoms with Crippen LogP contribution in [0, 0.1) is 0 Å². The molecule has 0 radical (unpaired) electrons. The summed E-state index contributed by atoms with van der Waals surface area (Å²) in [6.45, 7) is 6.41. The summed E-state index contributed by atoms with van der Waals surface area (Å²) in [4.78, 5) is 23.4. The third kappa shape index (κ3) is 4.55. The molecule has 1 heterocycles. The zero-order chi connectivity index (χ0) is 17.2. The summed E-state index contributed by atoms with van der Waals surface area (Å²) < 4.78 is 32.2. The van der Waals surface area contributed by atoms with Crippen LogP contribution in [0.4, 0.5) is 4.79 Å². The smallest absolute Gasteiger partial charge is 0.408 e. The van der Waals surface area contributed by atoms with Gasteiger partial charge in [-0.05, 0) is 27.2 Å². The van der Waals surface area contributed by atoms with Crippen molar-refractivity contribution >= 4 is 22.3 Å². The van der Waals surface area contributed by atoms with Crippen molar-refractivity contribution in [1.29, 1.82) is 0 Å². The second kappa shape index (κ2) is 6.39. The van der Waals surface area contributed by atoms with Crippen molar-refractivity contribution in [3.8, 4) is 0 Å². The van der Waals surface area contributed by atoms with E-state index >= 15 is 0 Å². The predicted octanol–water partition coefficient (Wildman–Crippen LogP) is -0.105. The summed E-state index contributed by atoms with van der Waals surface area (Å²) in [5.74, 6) is -1.30. The van der Waals surface area contributed by atoms with E-state index in [1.165, 1.54) is 0 Å². The molecule has 9 nitrogen and oxygen atoms in total. The zero-order valence-corrected chi connectivity index (χ0v) is 14.0. The maximum Gasteiger partial charge on any atom is 0.408 e. The van der Waals surface area contributed by atoms with Gasteiger partial charge in [0.1, 0.15) is 5.60 Å². The van der Waals surface area contributed by atoms with Gasteiger partial charge in [0.25, 0.3) is 10.2 Å². The molecule has 1 aliphatic rings. The number of rotatable bonds is 5. The van der Waals surface area contributed by atoms with Crippen molar-refractivity contribution in [3.05, 3.63) is 0 Å². The highest BCUT2D eigenvalue weighted by Gasteiger charge is 2.49. The maximum absolute atomic E-state index is 11.9. The van der Waals surface area contributed by atoms with Gasteiger partial charge in [0, 0.05) is 19.6 Å². The van der Waals surface area contributed by atoms with Gasteiger partial charge < -0.3 is 15.2 Å². The lowest BCUT2D eigenvalue weighted by Crippen LogP contribution is -2.57. The molecule has 1 saturated heterocycles. The van der Waals surface area contributed by atoms with Crippen LogP contribution in [0.2, 0.25) is 0 Å². The van der Waals surface area contributed by atoms with Crippen LogP contribution in [0.3, 0.4) is 0 Å². The highest BCUT2D eigenvalue weighted by atomic mass is 32.2. The van der Waals surface area contributed by atoms with Gasteiger partial charge in [-0.3, -0.25) is 0 Å². The number of carbonyl (C=O) groups excluding carboxylic acids is 1. The Bertz CT molecular complexity index is 542. The minimum atomic E-state index is -3.76. The second-order valence-electron chi connectivity index (χ2n) is 6.10. The van der Waals surface area contributed by atoms with Gasteiger partial charge in [0.15, 0.2) is 5.54 Å². The number of aliphatic carboxylic acids is 1. The molecule has 1 unspecified atom stereocenters. The predicted molar refractivity (Wildman–Crippen MR) is 78.5 cm³/mol. The lowest BCUT2D eigenvalue weighted by molar-refractivity contribution is -0.144. The van der Waals surface area contributed by atoms with Crippen molar-refractivity contribution in [1.82, 2.24) is 14.3 Å². The van der Waals surface area contributed by atoms with Crippen molar-refractivity contribution in [2.24, 2.45) is 0 Å². The number of nitrogens with one attached hydrogen (secondary N) is 2. The quantitative estimate of drug-likeness (QED) is 0.643. The fourth-order valence-electron chi connectivity index (χ4n) is 2.08. The van der Waals surface area contributed by atoms with E-state index in [-0.39, 0.29) is 26.1 Å². The topological polar surface area (TPSA) is 125 Å². The lowest BCUT2D eigenvalue weighted by atomic mass is 9.99. The van der Waals surface area contributed by atoms with Crippen LogP contribution in [0.15, 0.2) is 0 Å². The summed E-state index contributed by atoms with van der Waals surface area (Å²) >= 11 is 0. The Kier molecular flexibility index (Phi) is 5.42. The molecule has 0 spiro atoms. The summed E-state index contributed by atoms with van der Waals surface area (Å²) in [5.41, 5.74) is -2.47. The summed E-state index contributed by atoms with van der Waals surface area (Å²) in [7, 11) is -3.76. The van der Waals surface area contributed by atoms with Gasteiger partial charge >= 0.3 is 12.1 Å². The standard InChI is InChI=1S/C12H23N3O6S/c1-5-13-22(19,20)15-7-6-12(8-15,9(16)17)14-10(18)21-11(2,3)4/h13H,5-8H2,1-4H3,(H,14,18)(H,16,17). The Morgan fingerprint density at radius 1 is 1.36 bits per heavy atom. The van der Waals surface area contributed by atoms with Crippen LogP contribution in [-0.2, 0) is 19.7 Å². The van der Waals surface area contributed by atoms with Crippen molar-refractivity contribution in [2.45, 2.75) is 45.3 Å². The minimum absolute atomic E-state index is 0.00255. The number of carboxylic acids is 1. The molecule has 1 fully saturated rings. The van der Waals surface area contributed by atoms with Crippen molar-refractivity contribution in [3.63, 3.8) is 0 Å². The Balaban J connectivity index is 2.88. The largest absolute Gasteiger partial charge is 0.479 e. The molecular formula is C12H23N3O6S. The van der Waals surface area contributed by atoms with Crippen LogP contribution < -0.4 is 10.0 Å². The molecule has 0 aliphatic carbocycles. The van der Waals surface area contributed by atoms with Crippen LogP contribution in [-0.4, -0.2) is 60.7 Å². The van der Waals surface area contributed by atoms with Crippen LogP contribution >= 0.6 is 0 Å². The third-order valence-electron chi connectivity index (χ3n) is 3.05. The molecule has 1 aliphatic heterocycles. The lowest BCUT2D eigenvalue weighted by Gasteiger charge is -2.28. The van der Waals surface area contributed by atoms with E-state index in [0.29, 0.717) is 0 Å². The van der Waals surface area contributed by atoms with E-state index in [0.717, 1.165) is 4.31 Å². The molecule has 10 heteroatoms. The molecule has 3 N–H and O–H groups in total. The Morgan fingerprint density at radius 2 is 1.95 bits per heavy atom. The fourth-order valence-corrected chi connectivity index (χ4v) is 3.35.